The number of halogens is 8. The number of aliphatic hydroxyl groups is 1. The molecule has 1 aromatic rings. The van der Waals surface area contributed by atoms with Gasteiger partial charge in [0.05, 0.1) is 28.2 Å². The molecule has 0 saturated heterocycles. The first-order chi connectivity index (χ1) is 10.4. The normalized spacial score (nSPS) is 15.0. The molecule has 2 N–H and O–H groups in total. The topological polar surface area (TPSA) is 56.0 Å². The molecule has 0 aromatic heterocycles. The summed E-state index contributed by atoms with van der Waals surface area (Å²) in [5.41, 5.74) is -1.67. The van der Waals surface area contributed by atoms with Crippen molar-refractivity contribution in [3.05, 3.63) is 27.7 Å². The van der Waals surface area contributed by atoms with E-state index < -0.39 is 33.6 Å². The summed E-state index contributed by atoms with van der Waals surface area (Å²) in [7, 11) is 0. The fourth-order valence-corrected chi connectivity index (χ4v) is 2.16. The monoisotopic (exact) mass is 380 g/mol. The first kappa shape index (κ1) is 19.7. The summed E-state index contributed by atoms with van der Waals surface area (Å²) in [6, 6.07) is 2.46. The highest BCUT2D eigenvalue weighted by Crippen LogP contribution is 2.50. The van der Waals surface area contributed by atoms with Crippen molar-refractivity contribution < 1.29 is 31.4 Å². The lowest BCUT2D eigenvalue weighted by Crippen LogP contribution is -2.53. The molecule has 3 nitrogen and oxygen atoms in total. The summed E-state index contributed by atoms with van der Waals surface area (Å²) in [5, 5.41) is 18.4. The van der Waals surface area contributed by atoms with E-state index in [0.29, 0.717) is 12.1 Å². The highest BCUT2D eigenvalue weighted by atomic mass is 35.5. The Morgan fingerprint density at radius 1 is 1.09 bits per heavy atom. The average molecular weight is 381 g/mol. The second-order valence-corrected chi connectivity index (χ2v) is 5.16. The standard InChI is InChI=1S/C12H8Cl2F6N2O/c13-7-4-6(5-8(14)9(7)22-3-1-2-21)10(15,16)11(17,23)12(18,19)20/h4-5,22-23H,1,3H2. The third-order valence-electron chi connectivity index (χ3n) is 2.73. The fourth-order valence-electron chi connectivity index (χ4n) is 1.54. The van der Waals surface area contributed by atoms with Crippen molar-refractivity contribution in [3.63, 3.8) is 0 Å². The van der Waals surface area contributed by atoms with Crippen LogP contribution in [0, 0.1) is 11.3 Å². The van der Waals surface area contributed by atoms with Gasteiger partial charge < -0.3 is 10.4 Å². The predicted octanol–water partition coefficient (Wildman–Crippen LogP) is 4.63. The molecule has 0 heterocycles. The van der Waals surface area contributed by atoms with Gasteiger partial charge in [0.15, 0.2) is 0 Å². The Morgan fingerprint density at radius 3 is 1.96 bits per heavy atom. The minimum Gasteiger partial charge on any atom is -0.382 e. The molecule has 1 aromatic carbocycles. The van der Waals surface area contributed by atoms with Crippen molar-refractivity contribution in [3.8, 4) is 6.07 Å². The third-order valence-corrected chi connectivity index (χ3v) is 3.33. The molecule has 1 rings (SSSR count). The van der Waals surface area contributed by atoms with Crippen LogP contribution in [0.2, 0.25) is 10.0 Å². The fraction of sp³-hybridized carbons (Fsp3) is 0.417. The average Bonchev–Trinajstić information content (AvgIpc) is 2.40. The molecule has 11 heteroatoms. The maximum absolute atomic E-state index is 13.7. The van der Waals surface area contributed by atoms with Crippen molar-refractivity contribution in [2.75, 3.05) is 11.9 Å². The van der Waals surface area contributed by atoms with Crippen LogP contribution in [0.15, 0.2) is 12.1 Å². The van der Waals surface area contributed by atoms with E-state index in [4.69, 9.17) is 33.6 Å². The van der Waals surface area contributed by atoms with Gasteiger partial charge in [0.1, 0.15) is 0 Å². The molecular formula is C12H8Cl2F6N2O. The van der Waals surface area contributed by atoms with E-state index in [2.05, 4.69) is 5.32 Å². The number of hydrogen-bond donors (Lipinski definition) is 2. The smallest absolute Gasteiger partial charge is 0.382 e. The molecule has 0 aliphatic rings. The molecule has 0 radical (unpaired) electrons. The zero-order chi connectivity index (χ0) is 18.1. The van der Waals surface area contributed by atoms with E-state index >= 15 is 0 Å². The largest absolute Gasteiger partial charge is 0.455 e. The van der Waals surface area contributed by atoms with Gasteiger partial charge in [-0.15, -0.1) is 0 Å². The van der Waals surface area contributed by atoms with E-state index in [1.54, 1.807) is 6.07 Å². The van der Waals surface area contributed by atoms with E-state index in [1.807, 2.05) is 0 Å². The van der Waals surface area contributed by atoms with Gasteiger partial charge in [-0.2, -0.15) is 31.6 Å². The number of anilines is 1. The van der Waals surface area contributed by atoms with Gasteiger partial charge in [-0.3, -0.25) is 0 Å². The number of rotatable bonds is 5. The van der Waals surface area contributed by atoms with Gasteiger partial charge in [0.25, 0.3) is 0 Å². The van der Waals surface area contributed by atoms with Crippen LogP contribution in [0.4, 0.5) is 32.0 Å². The van der Waals surface area contributed by atoms with Gasteiger partial charge >= 0.3 is 18.0 Å². The van der Waals surface area contributed by atoms with Gasteiger partial charge in [-0.1, -0.05) is 23.2 Å². The maximum atomic E-state index is 13.7. The molecule has 0 amide bonds. The van der Waals surface area contributed by atoms with Crippen LogP contribution >= 0.6 is 23.2 Å². The van der Waals surface area contributed by atoms with E-state index in [9.17, 15) is 26.3 Å². The molecule has 0 fully saturated rings. The summed E-state index contributed by atoms with van der Waals surface area (Å²) in [5.74, 6) is -11.1. The van der Waals surface area contributed by atoms with E-state index in [-0.39, 0.29) is 18.7 Å². The van der Waals surface area contributed by atoms with Crippen LogP contribution in [0.25, 0.3) is 0 Å². The summed E-state index contributed by atoms with van der Waals surface area (Å²) < 4.78 is 77.5. The molecule has 0 aliphatic heterocycles. The number of alkyl halides is 6. The second kappa shape index (κ2) is 6.63. The van der Waals surface area contributed by atoms with Gasteiger partial charge in [-0.05, 0) is 12.1 Å². The number of nitrogens with zero attached hydrogens (tertiary/aromatic N) is 1. The quantitative estimate of drug-likeness (QED) is 0.578. The Hall–Kier alpha value is -1.37. The first-order valence-electron chi connectivity index (χ1n) is 5.82. The summed E-state index contributed by atoms with van der Waals surface area (Å²) >= 11 is 11.3. The van der Waals surface area contributed by atoms with Crippen molar-refractivity contribution in [2.24, 2.45) is 0 Å². The molecule has 0 saturated carbocycles. The number of nitriles is 1. The zero-order valence-corrected chi connectivity index (χ0v) is 12.5. The molecule has 128 valence electrons. The summed E-state index contributed by atoms with van der Waals surface area (Å²) in [4.78, 5) is 0. The minimum atomic E-state index is -6.24. The Labute approximate surface area is 136 Å². The van der Waals surface area contributed by atoms with Gasteiger partial charge in [0, 0.05) is 12.1 Å². The van der Waals surface area contributed by atoms with Crippen molar-refractivity contribution in [1.82, 2.24) is 0 Å². The van der Waals surface area contributed by atoms with Crippen LogP contribution in [-0.2, 0) is 5.92 Å². The number of hydrogen-bond acceptors (Lipinski definition) is 3. The molecule has 1 atom stereocenters. The lowest BCUT2D eigenvalue weighted by molar-refractivity contribution is -0.390. The molecular weight excluding hydrogens is 373 g/mol. The van der Waals surface area contributed by atoms with Crippen LogP contribution in [0.1, 0.15) is 12.0 Å². The van der Waals surface area contributed by atoms with Crippen LogP contribution in [-0.4, -0.2) is 23.7 Å². The Kier molecular flexibility index (Phi) is 5.67. The van der Waals surface area contributed by atoms with Crippen LogP contribution in [0.3, 0.4) is 0 Å². The molecule has 23 heavy (non-hydrogen) atoms. The molecule has 0 bridgehead atoms. The third kappa shape index (κ3) is 3.76. The van der Waals surface area contributed by atoms with Crippen molar-refractivity contribution in [2.45, 2.75) is 24.4 Å². The van der Waals surface area contributed by atoms with E-state index in [1.165, 1.54) is 0 Å². The Morgan fingerprint density at radius 2 is 1.57 bits per heavy atom. The molecule has 1 unspecified atom stereocenters. The predicted molar refractivity (Wildman–Crippen MR) is 71.2 cm³/mol. The zero-order valence-electron chi connectivity index (χ0n) is 11.0. The molecule has 0 aliphatic carbocycles. The SMILES string of the molecule is N#CCCNc1c(Cl)cc(C(F)(F)C(O)(F)C(F)(F)F)cc1Cl. The van der Waals surface area contributed by atoms with Crippen LogP contribution < -0.4 is 5.32 Å². The lowest BCUT2D eigenvalue weighted by atomic mass is 10.00. The van der Waals surface area contributed by atoms with Crippen molar-refractivity contribution >= 4 is 28.9 Å². The number of benzene rings is 1. The second-order valence-electron chi connectivity index (χ2n) is 4.34. The maximum Gasteiger partial charge on any atom is 0.455 e. The minimum absolute atomic E-state index is 0.0167. The van der Waals surface area contributed by atoms with Crippen LogP contribution in [0.5, 0.6) is 0 Å². The van der Waals surface area contributed by atoms with Crippen molar-refractivity contribution in [1.29, 1.82) is 5.26 Å². The highest BCUT2D eigenvalue weighted by Gasteiger charge is 2.71. The Balaban J connectivity index is 3.28. The molecule has 0 spiro atoms. The summed E-state index contributed by atoms with van der Waals surface area (Å²) in [6.07, 6.45) is -6.22. The van der Waals surface area contributed by atoms with E-state index in [0.717, 1.165) is 0 Å². The first-order valence-corrected chi connectivity index (χ1v) is 6.58. The Bertz CT molecular complexity index is 604. The van der Waals surface area contributed by atoms with Gasteiger partial charge in [0.2, 0.25) is 0 Å². The lowest BCUT2D eigenvalue weighted by Gasteiger charge is -2.30. The van der Waals surface area contributed by atoms with Gasteiger partial charge in [-0.25, -0.2) is 0 Å². The summed E-state index contributed by atoms with van der Waals surface area (Å²) in [6.45, 7) is 0.0429. The highest BCUT2D eigenvalue weighted by molar-refractivity contribution is 6.39. The number of nitrogens with one attached hydrogen (secondary N) is 1.